The van der Waals surface area contributed by atoms with Gasteiger partial charge in [-0.05, 0) is 17.7 Å². The number of rotatable bonds is 4. The van der Waals surface area contributed by atoms with Gasteiger partial charge >= 0.3 is 11.9 Å². The van der Waals surface area contributed by atoms with Crippen molar-refractivity contribution >= 4 is 21.9 Å². The minimum atomic E-state index is -3.33. The molecule has 1 heterocycles. The highest BCUT2D eigenvalue weighted by molar-refractivity contribution is 9.10. The Morgan fingerprint density at radius 2 is 2.28 bits per heavy atom. The van der Waals surface area contributed by atoms with Gasteiger partial charge in [0.2, 0.25) is 0 Å². The van der Waals surface area contributed by atoms with Gasteiger partial charge in [0.1, 0.15) is 6.10 Å². The van der Waals surface area contributed by atoms with E-state index in [1.165, 1.54) is 0 Å². The van der Waals surface area contributed by atoms with E-state index >= 15 is 0 Å². The quantitative estimate of drug-likeness (QED) is 0.866. The van der Waals surface area contributed by atoms with E-state index in [2.05, 4.69) is 26.0 Å². The molecule has 2 rings (SSSR count). The fourth-order valence-corrected chi connectivity index (χ4v) is 2.23. The predicted molar refractivity (Wildman–Crippen MR) is 65.3 cm³/mol. The van der Waals surface area contributed by atoms with Gasteiger partial charge < -0.3 is 10.1 Å². The highest BCUT2D eigenvalue weighted by Crippen LogP contribution is 2.30. The highest BCUT2D eigenvalue weighted by atomic mass is 79.9. The second kappa shape index (κ2) is 5.32. The lowest BCUT2D eigenvalue weighted by Crippen LogP contribution is -2.26. The van der Waals surface area contributed by atoms with E-state index < -0.39 is 24.4 Å². The molecule has 1 aliphatic heterocycles. The van der Waals surface area contributed by atoms with E-state index in [1.807, 2.05) is 24.3 Å². The van der Waals surface area contributed by atoms with E-state index in [0.29, 0.717) is 6.54 Å². The van der Waals surface area contributed by atoms with E-state index in [-0.39, 0.29) is 6.54 Å². The number of carbonyl (C=O) groups excluding carboxylic acids is 1. The molecule has 1 aromatic carbocycles. The minimum Gasteiger partial charge on any atom is -0.456 e. The maximum absolute atomic E-state index is 12.9. The van der Waals surface area contributed by atoms with Gasteiger partial charge in [0.15, 0.2) is 0 Å². The Labute approximate surface area is 112 Å². The Bertz CT molecular complexity index is 453. The lowest BCUT2D eigenvalue weighted by molar-refractivity contribution is -0.159. The van der Waals surface area contributed by atoms with Crippen molar-refractivity contribution in [1.82, 2.24) is 5.32 Å². The van der Waals surface area contributed by atoms with Crippen LogP contribution >= 0.6 is 15.9 Å². The Kier molecular flexibility index (Phi) is 3.97. The van der Waals surface area contributed by atoms with Crippen LogP contribution in [0.15, 0.2) is 28.7 Å². The number of ether oxygens (including phenoxy) is 1. The molecule has 1 aromatic rings. The van der Waals surface area contributed by atoms with Crippen LogP contribution in [0, 0.1) is 0 Å². The molecule has 0 saturated carbocycles. The molecule has 0 spiro atoms. The molecule has 0 aromatic heterocycles. The van der Waals surface area contributed by atoms with Crippen molar-refractivity contribution in [1.29, 1.82) is 0 Å². The maximum Gasteiger partial charge on any atom is 0.377 e. The van der Waals surface area contributed by atoms with Gasteiger partial charge in [-0.2, -0.15) is 8.78 Å². The molecular formula is C12H12BrF2NO2. The molecule has 3 nitrogen and oxygen atoms in total. The summed E-state index contributed by atoms with van der Waals surface area (Å²) in [4.78, 5) is 10.8. The first-order valence-electron chi connectivity index (χ1n) is 5.51. The van der Waals surface area contributed by atoms with Crippen LogP contribution in [0.25, 0.3) is 0 Å². The summed E-state index contributed by atoms with van der Waals surface area (Å²) in [7, 11) is 0. The normalized spacial score (nSPS) is 21.9. The van der Waals surface area contributed by atoms with Crippen LogP contribution in [0.4, 0.5) is 8.78 Å². The fourth-order valence-electron chi connectivity index (χ4n) is 1.79. The number of hydrogen-bond acceptors (Lipinski definition) is 3. The van der Waals surface area contributed by atoms with Gasteiger partial charge in [0.05, 0.1) is 6.42 Å². The van der Waals surface area contributed by atoms with Crippen molar-refractivity contribution in [3.8, 4) is 0 Å². The maximum atomic E-state index is 12.9. The predicted octanol–water partition coefficient (Wildman–Crippen LogP) is 2.49. The van der Waals surface area contributed by atoms with Gasteiger partial charge in [-0.1, -0.05) is 28.1 Å². The Morgan fingerprint density at radius 1 is 1.50 bits per heavy atom. The van der Waals surface area contributed by atoms with Crippen LogP contribution in [0.1, 0.15) is 12.0 Å². The van der Waals surface area contributed by atoms with Gasteiger partial charge in [0, 0.05) is 17.6 Å². The highest BCUT2D eigenvalue weighted by Gasteiger charge is 2.50. The number of nitrogens with one attached hydrogen (secondary N) is 1. The third kappa shape index (κ3) is 3.26. The van der Waals surface area contributed by atoms with Crippen LogP contribution in [0.5, 0.6) is 0 Å². The van der Waals surface area contributed by atoms with Crippen molar-refractivity contribution in [3.63, 3.8) is 0 Å². The van der Waals surface area contributed by atoms with Gasteiger partial charge in [-0.25, -0.2) is 4.79 Å². The molecule has 18 heavy (non-hydrogen) atoms. The third-order valence-corrected chi connectivity index (χ3v) is 3.14. The fraction of sp³-hybridized carbons (Fsp3) is 0.417. The average Bonchev–Trinajstić information content (AvgIpc) is 2.53. The summed E-state index contributed by atoms with van der Waals surface area (Å²) in [5.41, 5.74) is 1.03. The number of halogens is 3. The first-order chi connectivity index (χ1) is 8.47. The Hall–Kier alpha value is -1.01. The molecule has 1 atom stereocenters. The van der Waals surface area contributed by atoms with Crippen molar-refractivity contribution < 1.29 is 18.3 Å². The molecular weight excluding hydrogens is 308 g/mol. The molecule has 1 unspecified atom stereocenters. The van der Waals surface area contributed by atoms with Crippen LogP contribution in [0.2, 0.25) is 0 Å². The first-order valence-corrected chi connectivity index (χ1v) is 6.31. The summed E-state index contributed by atoms with van der Waals surface area (Å²) in [5, 5.41) is 3.00. The van der Waals surface area contributed by atoms with Crippen molar-refractivity contribution in [2.24, 2.45) is 0 Å². The van der Waals surface area contributed by atoms with Crippen molar-refractivity contribution in [2.45, 2.75) is 25.0 Å². The standard InChI is InChI=1S/C12H12BrF2NO2/c13-9-3-1-2-8(4-9)6-16-7-10-5-12(14,15)11(17)18-10/h1-4,10,16H,5-7H2. The zero-order valence-electron chi connectivity index (χ0n) is 9.46. The second-order valence-corrected chi connectivity index (χ2v) is 5.11. The molecule has 1 aliphatic rings. The summed E-state index contributed by atoms with van der Waals surface area (Å²) in [6.45, 7) is 0.771. The van der Waals surface area contributed by atoms with Crippen LogP contribution in [-0.2, 0) is 16.1 Å². The molecule has 1 fully saturated rings. The monoisotopic (exact) mass is 319 g/mol. The summed E-state index contributed by atoms with van der Waals surface area (Å²) < 4.78 is 31.3. The van der Waals surface area contributed by atoms with Gasteiger partial charge in [0.25, 0.3) is 0 Å². The topological polar surface area (TPSA) is 38.3 Å². The lowest BCUT2D eigenvalue weighted by atomic mass is 10.2. The summed E-state index contributed by atoms with van der Waals surface area (Å²) in [6, 6.07) is 7.66. The molecule has 0 radical (unpaired) electrons. The van der Waals surface area contributed by atoms with E-state index in [1.54, 1.807) is 0 Å². The van der Waals surface area contributed by atoms with E-state index in [9.17, 15) is 13.6 Å². The van der Waals surface area contributed by atoms with Crippen LogP contribution < -0.4 is 5.32 Å². The number of hydrogen-bond donors (Lipinski definition) is 1. The van der Waals surface area contributed by atoms with Crippen LogP contribution in [-0.4, -0.2) is 24.5 Å². The number of cyclic esters (lactones) is 1. The van der Waals surface area contributed by atoms with Crippen molar-refractivity contribution in [3.05, 3.63) is 34.3 Å². The SMILES string of the molecule is O=C1OC(CNCc2cccc(Br)c2)CC1(F)F. The van der Waals surface area contributed by atoms with Crippen LogP contribution in [0.3, 0.4) is 0 Å². The zero-order chi connectivity index (χ0) is 13.2. The Balaban J connectivity index is 1.78. The summed E-state index contributed by atoms with van der Waals surface area (Å²) in [5.74, 6) is -4.75. The molecule has 0 amide bonds. The smallest absolute Gasteiger partial charge is 0.377 e. The first kappa shape index (κ1) is 13.4. The summed E-state index contributed by atoms with van der Waals surface area (Å²) >= 11 is 3.35. The average molecular weight is 320 g/mol. The molecule has 6 heteroatoms. The Morgan fingerprint density at radius 3 is 2.89 bits per heavy atom. The molecule has 1 N–H and O–H groups in total. The second-order valence-electron chi connectivity index (χ2n) is 4.20. The number of benzene rings is 1. The number of esters is 1. The largest absolute Gasteiger partial charge is 0.456 e. The number of alkyl halides is 2. The summed E-state index contributed by atoms with van der Waals surface area (Å²) in [6.07, 6.45) is -1.29. The van der Waals surface area contributed by atoms with Gasteiger partial charge in [-0.15, -0.1) is 0 Å². The molecule has 0 aliphatic carbocycles. The number of carbonyl (C=O) groups is 1. The lowest BCUT2D eigenvalue weighted by Gasteiger charge is -2.10. The zero-order valence-corrected chi connectivity index (χ0v) is 11.0. The van der Waals surface area contributed by atoms with E-state index in [0.717, 1.165) is 10.0 Å². The third-order valence-electron chi connectivity index (χ3n) is 2.65. The van der Waals surface area contributed by atoms with Crippen molar-refractivity contribution in [2.75, 3.05) is 6.54 Å². The molecule has 98 valence electrons. The minimum absolute atomic E-state index is 0.230. The molecule has 0 bridgehead atoms. The molecule has 1 saturated heterocycles. The van der Waals surface area contributed by atoms with E-state index in [4.69, 9.17) is 0 Å². The van der Waals surface area contributed by atoms with Gasteiger partial charge in [-0.3, -0.25) is 0 Å².